The maximum Gasteiger partial charge on any atom is 0.289 e. The number of hydrazone groups is 1. The maximum absolute atomic E-state index is 13.1. The Kier molecular flexibility index (Phi) is 5.21. The Morgan fingerprint density at radius 1 is 1.13 bits per heavy atom. The van der Waals surface area contributed by atoms with Gasteiger partial charge in [0.1, 0.15) is 11.5 Å². The number of benzene rings is 2. The van der Waals surface area contributed by atoms with Crippen LogP contribution in [0.2, 0.25) is 0 Å². The number of para-hydroxylation sites is 1. The molecular formula is C22H19FN6O. The van der Waals surface area contributed by atoms with Crippen LogP contribution in [-0.4, -0.2) is 32.1 Å². The zero-order chi connectivity index (χ0) is 21.1. The van der Waals surface area contributed by atoms with Crippen LogP contribution in [0.4, 0.5) is 4.39 Å². The lowest BCUT2D eigenvalue weighted by molar-refractivity contribution is 0.0950. The molecule has 2 heterocycles. The van der Waals surface area contributed by atoms with Crippen molar-refractivity contribution >= 4 is 12.1 Å². The number of hydrogen-bond donors (Lipinski definition) is 2. The highest BCUT2D eigenvalue weighted by atomic mass is 19.1. The summed E-state index contributed by atoms with van der Waals surface area (Å²) >= 11 is 0. The SMILES string of the molecule is Cc1nn(-c2ccccc2)c(C)c1/C=N\NC(=O)c1cc(-c2ccc(F)cc2)n[nH]1. The van der Waals surface area contributed by atoms with Crippen LogP contribution >= 0.6 is 0 Å². The zero-order valence-electron chi connectivity index (χ0n) is 16.4. The maximum atomic E-state index is 13.1. The van der Waals surface area contributed by atoms with Crippen molar-refractivity contribution in [3.63, 3.8) is 0 Å². The van der Waals surface area contributed by atoms with E-state index in [1.165, 1.54) is 12.1 Å². The molecule has 0 aliphatic carbocycles. The number of H-pyrrole nitrogens is 1. The summed E-state index contributed by atoms with van der Waals surface area (Å²) in [6.07, 6.45) is 1.58. The predicted molar refractivity (Wildman–Crippen MR) is 112 cm³/mol. The van der Waals surface area contributed by atoms with Crippen molar-refractivity contribution in [3.05, 3.63) is 89.1 Å². The number of nitrogens with zero attached hydrogens (tertiary/aromatic N) is 4. The Morgan fingerprint density at radius 2 is 1.87 bits per heavy atom. The third-order valence-electron chi connectivity index (χ3n) is 4.67. The van der Waals surface area contributed by atoms with Crippen LogP contribution in [0.3, 0.4) is 0 Å². The number of rotatable bonds is 5. The highest BCUT2D eigenvalue weighted by molar-refractivity contribution is 5.94. The Bertz CT molecular complexity index is 1210. The topological polar surface area (TPSA) is 88.0 Å². The molecule has 0 atom stereocenters. The van der Waals surface area contributed by atoms with Crippen LogP contribution in [-0.2, 0) is 0 Å². The third kappa shape index (κ3) is 3.88. The van der Waals surface area contributed by atoms with Gasteiger partial charge in [0.05, 0.1) is 29.0 Å². The highest BCUT2D eigenvalue weighted by Crippen LogP contribution is 2.18. The van der Waals surface area contributed by atoms with Gasteiger partial charge in [-0.2, -0.15) is 15.3 Å². The number of amides is 1. The van der Waals surface area contributed by atoms with Crippen LogP contribution < -0.4 is 5.43 Å². The summed E-state index contributed by atoms with van der Waals surface area (Å²) in [5, 5.41) is 15.4. The first-order valence-corrected chi connectivity index (χ1v) is 9.29. The van der Waals surface area contributed by atoms with Gasteiger partial charge < -0.3 is 0 Å². The molecule has 0 fully saturated rings. The molecule has 0 radical (unpaired) electrons. The van der Waals surface area contributed by atoms with Crippen LogP contribution in [0.5, 0.6) is 0 Å². The normalized spacial score (nSPS) is 11.2. The Balaban J connectivity index is 1.47. The second kappa shape index (κ2) is 8.12. The molecule has 0 saturated carbocycles. The minimum atomic E-state index is -0.433. The van der Waals surface area contributed by atoms with E-state index in [0.29, 0.717) is 11.3 Å². The Morgan fingerprint density at radius 3 is 2.60 bits per heavy atom. The molecule has 0 bridgehead atoms. The van der Waals surface area contributed by atoms with E-state index in [9.17, 15) is 9.18 Å². The van der Waals surface area contributed by atoms with Crippen molar-refractivity contribution in [2.24, 2.45) is 5.10 Å². The Hall–Kier alpha value is -4.07. The molecule has 0 saturated heterocycles. The lowest BCUT2D eigenvalue weighted by Gasteiger charge is -2.03. The summed E-state index contributed by atoms with van der Waals surface area (Å²) in [6, 6.07) is 17.3. The molecule has 8 heteroatoms. The van der Waals surface area contributed by atoms with Gasteiger partial charge in [-0.15, -0.1) is 0 Å². The van der Waals surface area contributed by atoms with E-state index in [-0.39, 0.29) is 11.5 Å². The molecule has 4 rings (SSSR count). The molecule has 0 aliphatic heterocycles. The third-order valence-corrected chi connectivity index (χ3v) is 4.67. The van der Waals surface area contributed by atoms with E-state index in [0.717, 1.165) is 22.6 Å². The average molecular weight is 402 g/mol. The minimum absolute atomic E-state index is 0.250. The monoisotopic (exact) mass is 402 g/mol. The van der Waals surface area contributed by atoms with E-state index in [1.54, 1.807) is 24.4 Å². The largest absolute Gasteiger partial charge is 0.289 e. The van der Waals surface area contributed by atoms with Crippen molar-refractivity contribution in [2.45, 2.75) is 13.8 Å². The highest BCUT2D eigenvalue weighted by Gasteiger charge is 2.13. The molecule has 0 aliphatic rings. The summed E-state index contributed by atoms with van der Waals surface area (Å²) in [6.45, 7) is 3.83. The van der Waals surface area contributed by atoms with E-state index in [4.69, 9.17) is 0 Å². The fraction of sp³-hybridized carbons (Fsp3) is 0.0909. The van der Waals surface area contributed by atoms with Crippen molar-refractivity contribution in [1.29, 1.82) is 0 Å². The van der Waals surface area contributed by atoms with Gasteiger partial charge in [-0.25, -0.2) is 14.5 Å². The first kappa shape index (κ1) is 19.3. The van der Waals surface area contributed by atoms with Crippen molar-refractivity contribution in [3.8, 4) is 16.9 Å². The number of carbonyl (C=O) groups excluding carboxylic acids is 1. The first-order valence-electron chi connectivity index (χ1n) is 9.29. The molecule has 150 valence electrons. The summed E-state index contributed by atoms with van der Waals surface area (Å²) < 4.78 is 14.9. The second-order valence-corrected chi connectivity index (χ2v) is 6.70. The predicted octanol–water partition coefficient (Wildman–Crippen LogP) is 3.78. The van der Waals surface area contributed by atoms with Gasteiger partial charge in [0.2, 0.25) is 0 Å². The molecule has 4 aromatic rings. The zero-order valence-corrected chi connectivity index (χ0v) is 16.4. The number of hydrogen-bond acceptors (Lipinski definition) is 4. The molecule has 2 aromatic carbocycles. The van der Waals surface area contributed by atoms with Gasteiger partial charge in [-0.3, -0.25) is 9.89 Å². The first-order chi connectivity index (χ1) is 14.5. The number of halogens is 1. The molecule has 2 aromatic heterocycles. The average Bonchev–Trinajstić information content (AvgIpc) is 3.35. The summed E-state index contributed by atoms with van der Waals surface area (Å²) in [7, 11) is 0. The standard InChI is InChI=1S/C22H19FN6O/c1-14-19(15(2)29(28-14)18-6-4-3-5-7-18)13-24-27-22(30)21-12-20(25-26-21)16-8-10-17(23)11-9-16/h3-13H,1-2H3,(H,25,26)(H,27,30)/b24-13-. The Labute approximate surface area is 172 Å². The van der Waals surface area contributed by atoms with Crippen molar-refractivity contribution in [2.75, 3.05) is 0 Å². The van der Waals surface area contributed by atoms with Gasteiger partial charge >= 0.3 is 0 Å². The minimum Gasteiger partial charge on any atom is -0.272 e. The fourth-order valence-electron chi connectivity index (χ4n) is 3.08. The summed E-state index contributed by atoms with van der Waals surface area (Å²) in [4.78, 5) is 12.4. The van der Waals surface area contributed by atoms with E-state index in [2.05, 4.69) is 25.8 Å². The molecule has 2 N–H and O–H groups in total. The van der Waals surface area contributed by atoms with Gasteiger partial charge in [-0.05, 0) is 56.3 Å². The van der Waals surface area contributed by atoms with E-state index in [1.807, 2.05) is 48.9 Å². The van der Waals surface area contributed by atoms with Gasteiger partial charge in [0.15, 0.2) is 0 Å². The van der Waals surface area contributed by atoms with E-state index >= 15 is 0 Å². The summed E-state index contributed by atoms with van der Waals surface area (Å²) in [5.74, 6) is -0.763. The van der Waals surface area contributed by atoms with Crippen LogP contribution in [0.1, 0.15) is 27.4 Å². The number of carbonyl (C=O) groups is 1. The van der Waals surface area contributed by atoms with Crippen LogP contribution in [0, 0.1) is 19.7 Å². The van der Waals surface area contributed by atoms with Crippen LogP contribution in [0.25, 0.3) is 16.9 Å². The molecule has 0 unspecified atom stereocenters. The van der Waals surface area contributed by atoms with Crippen molar-refractivity contribution < 1.29 is 9.18 Å². The quantitative estimate of drug-likeness (QED) is 0.393. The second-order valence-electron chi connectivity index (χ2n) is 6.70. The molecular weight excluding hydrogens is 383 g/mol. The number of nitrogens with one attached hydrogen (secondary N) is 2. The van der Waals surface area contributed by atoms with Crippen LogP contribution in [0.15, 0.2) is 65.8 Å². The summed E-state index contributed by atoms with van der Waals surface area (Å²) in [5.41, 5.74) is 7.48. The smallest absolute Gasteiger partial charge is 0.272 e. The van der Waals surface area contributed by atoms with E-state index < -0.39 is 5.91 Å². The van der Waals surface area contributed by atoms with Crippen molar-refractivity contribution in [1.82, 2.24) is 25.4 Å². The molecule has 30 heavy (non-hydrogen) atoms. The molecule has 0 spiro atoms. The number of aryl methyl sites for hydroxylation is 1. The van der Waals surface area contributed by atoms with Gasteiger partial charge in [-0.1, -0.05) is 18.2 Å². The number of aromatic amines is 1. The fourth-order valence-corrected chi connectivity index (χ4v) is 3.08. The van der Waals surface area contributed by atoms with Gasteiger partial charge in [0, 0.05) is 11.1 Å². The van der Waals surface area contributed by atoms with Gasteiger partial charge in [0.25, 0.3) is 5.91 Å². The molecule has 7 nitrogen and oxygen atoms in total. The number of aromatic nitrogens is 4. The lowest BCUT2D eigenvalue weighted by Crippen LogP contribution is -2.18. The molecule has 1 amide bonds. The lowest BCUT2D eigenvalue weighted by atomic mass is 10.1.